The molecule has 1 fully saturated rings. The first kappa shape index (κ1) is 35.1. The van der Waals surface area contributed by atoms with E-state index in [0.29, 0.717) is 13.0 Å². The van der Waals surface area contributed by atoms with Crippen LogP contribution in [0.25, 0.3) is 0 Å². The quantitative estimate of drug-likeness (QED) is 0.0846. The second-order valence-electron chi connectivity index (χ2n) is 9.65. The second-order valence-corrected chi connectivity index (χ2v) is 10.7. The van der Waals surface area contributed by atoms with Gasteiger partial charge in [-0.2, -0.15) is 8.42 Å². The maximum absolute atomic E-state index is 12.2. The Balaban J connectivity index is 2.57. The van der Waals surface area contributed by atoms with Crippen molar-refractivity contribution in [3.05, 3.63) is 0 Å². The number of unbranched alkanes of at least 4 members (excludes halogenated alkanes) is 9. The Labute approximate surface area is 226 Å². The minimum absolute atomic E-state index is 0.0364. The van der Waals surface area contributed by atoms with E-state index in [2.05, 4.69) is 11.1 Å². The van der Waals surface area contributed by atoms with Crippen LogP contribution in [0.2, 0.25) is 0 Å². The molecule has 12 nitrogen and oxygen atoms in total. The summed E-state index contributed by atoms with van der Waals surface area (Å²) in [4.78, 5) is 12.2. The maximum Gasteiger partial charge on any atom is 0.397 e. The van der Waals surface area contributed by atoms with Crippen LogP contribution in [0.5, 0.6) is 0 Å². The molecule has 0 amide bonds. The zero-order chi connectivity index (χ0) is 28.4. The SMILES string of the molecule is CCCCCCCCCCCOCC(COC1OC(CO)C(O)C(OS(=O)(=O)O)C1O)OC(=O)CCCC. The molecule has 0 spiro atoms. The highest BCUT2D eigenvalue weighted by atomic mass is 32.3. The Kier molecular flexibility index (Phi) is 18.5. The largest absolute Gasteiger partial charge is 0.457 e. The zero-order valence-electron chi connectivity index (χ0n) is 22.7. The number of carbonyl (C=O) groups is 1. The molecule has 4 N–H and O–H groups in total. The van der Waals surface area contributed by atoms with Crippen molar-refractivity contribution >= 4 is 16.4 Å². The summed E-state index contributed by atoms with van der Waals surface area (Å²) in [7, 11) is -5.03. The Bertz CT molecular complexity index is 719. The summed E-state index contributed by atoms with van der Waals surface area (Å²) < 4.78 is 57.6. The fourth-order valence-electron chi connectivity index (χ4n) is 4.06. The summed E-state index contributed by atoms with van der Waals surface area (Å²) in [6, 6.07) is 0. The fourth-order valence-corrected chi connectivity index (χ4v) is 4.57. The first-order chi connectivity index (χ1) is 18.1. The molecular weight excluding hydrogens is 524 g/mol. The van der Waals surface area contributed by atoms with Crippen molar-refractivity contribution in [2.24, 2.45) is 0 Å². The Morgan fingerprint density at radius 2 is 1.50 bits per heavy atom. The molecule has 6 atom stereocenters. The third-order valence-corrected chi connectivity index (χ3v) is 6.69. The standard InChI is InChI=1S/C25H48O12S/c1-3-5-7-8-9-10-11-12-13-15-33-17-19(35-21(27)14-6-4-2)18-34-25-23(29)24(37-38(30,31)32)22(28)20(16-26)36-25/h19-20,22-26,28-29H,3-18H2,1-2H3,(H,30,31,32). The Hall–Kier alpha value is -0.900. The number of hydrogen-bond donors (Lipinski definition) is 4. The van der Waals surface area contributed by atoms with Crippen molar-refractivity contribution in [1.82, 2.24) is 0 Å². The van der Waals surface area contributed by atoms with Crippen molar-refractivity contribution in [1.29, 1.82) is 0 Å². The van der Waals surface area contributed by atoms with Crippen LogP contribution in [0.15, 0.2) is 0 Å². The summed E-state index contributed by atoms with van der Waals surface area (Å²) in [5.41, 5.74) is 0. The first-order valence-corrected chi connectivity index (χ1v) is 15.2. The van der Waals surface area contributed by atoms with E-state index in [9.17, 15) is 28.5 Å². The molecule has 0 bridgehead atoms. The average Bonchev–Trinajstić information content (AvgIpc) is 2.87. The molecular formula is C25H48O12S. The number of aliphatic hydroxyl groups is 3. The van der Waals surface area contributed by atoms with E-state index in [0.717, 1.165) is 25.7 Å². The lowest BCUT2D eigenvalue weighted by Crippen LogP contribution is -2.60. The highest BCUT2D eigenvalue weighted by molar-refractivity contribution is 7.80. The highest BCUT2D eigenvalue weighted by Crippen LogP contribution is 2.25. The van der Waals surface area contributed by atoms with Gasteiger partial charge in [0, 0.05) is 13.0 Å². The number of rotatable bonds is 22. The van der Waals surface area contributed by atoms with Gasteiger partial charge in [-0.1, -0.05) is 71.6 Å². The van der Waals surface area contributed by atoms with Gasteiger partial charge in [-0.05, 0) is 12.8 Å². The van der Waals surface area contributed by atoms with Gasteiger partial charge in [0.15, 0.2) is 6.29 Å². The van der Waals surface area contributed by atoms with Crippen LogP contribution in [-0.4, -0.2) is 97.5 Å². The number of carbonyl (C=O) groups excluding carboxylic acids is 1. The lowest BCUT2D eigenvalue weighted by Gasteiger charge is -2.41. The highest BCUT2D eigenvalue weighted by Gasteiger charge is 2.48. The van der Waals surface area contributed by atoms with E-state index < -0.39 is 59.8 Å². The number of aliphatic hydroxyl groups excluding tert-OH is 3. The molecule has 38 heavy (non-hydrogen) atoms. The van der Waals surface area contributed by atoms with E-state index in [-0.39, 0.29) is 19.6 Å². The third-order valence-electron chi connectivity index (χ3n) is 6.23. The van der Waals surface area contributed by atoms with Crippen molar-refractivity contribution in [3.8, 4) is 0 Å². The molecule has 13 heteroatoms. The molecule has 1 rings (SSSR count). The van der Waals surface area contributed by atoms with Crippen LogP contribution in [0.3, 0.4) is 0 Å². The van der Waals surface area contributed by atoms with Crippen molar-refractivity contribution < 1.29 is 56.2 Å². The van der Waals surface area contributed by atoms with Crippen molar-refractivity contribution in [2.45, 2.75) is 128 Å². The van der Waals surface area contributed by atoms with Gasteiger partial charge in [0.2, 0.25) is 0 Å². The molecule has 0 aromatic rings. The summed E-state index contributed by atoms with van der Waals surface area (Å²) in [6.45, 7) is 3.65. The molecule has 1 saturated heterocycles. The number of hydrogen-bond acceptors (Lipinski definition) is 11. The summed E-state index contributed by atoms with van der Waals surface area (Å²) >= 11 is 0. The van der Waals surface area contributed by atoms with Crippen LogP contribution in [0, 0.1) is 0 Å². The lowest BCUT2D eigenvalue weighted by atomic mass is 9.99. The Morgan fingerprint density at radius 1 is 0.895 bits per heavy atom. The minimum atomic E-state index is -5.03. The molecule has 0 aromatic heterocycles. The van der Waals surface area contributed by atoms with Crippen LogP contribution < -0.4 is 0 Å². The van der Waals surface area contributed by atoms with Gasteiger partial charge in [-0.15, -0.1) is 0 Å². The van der Waals surface area contributed by atoms with Crippen LogP contribution in [0.4, 0.5) is 0 Å². The third kappa shape index (κ3) is 15.0. The summed E-state index contributed by atoms with van der Waals surface area (Å²) in [5, 5.41) is 30.0. The van der Waals surface area contributed by atoms with Gasteiger partial charge >= 0.3 is 16.4 Å². The van der Waals surface area contributed by atoms with Crippen LogP contribution >= 0.6 is 0 Å². The fraction of sp³-hybridized carbons (Fsp3) is 0.960. The monoisotopic (exact) mass is 572 g/mol. The van der Waals surface area contributed by atoms with Crippen molar-refractivity contribution in [2.75, 3.05) is 26.4 Å². The van der Waals surface area contributed by atoms with E-state index in [4.69, 9.17) is 23.5 Å². The van der Waals surface area contributed by atoms with Gasteiger partial charge in [0.25, 0.3) is 0 Å². The van der Waals surface area contributed by atoms with Crippen LogP contribution in [0.1, 0.15) is 90.9 Å². The molecule has 0 aromatic carbocycles. The molecule has 0 radical (unpaired) electrons. The van der Waals surface area contributed by atoms with Gasteiger partial charge in [-0.25, -0.2) is 4.18 Å². The normalized spacial score (nSPS) is 24.8. The lowest BCUT2D eigenvalue weighted by molar-refractivity contribution is -0.301. The first-order valence-electron chi connectivity index (χ1n) is 13.8. The second kappa shape index (κ2) is 20.0. The van der Waals surface area contributed by atoms with Gasteiger partial charge in [-0.3, -0.25) is 9.35 Å². The topological polar surface area (TPSA) is 178 Å². The molecule has 6 unspecified atom stereocenters. The Morgan fingerprint density at radius 3 is 2.08 bits per heavy atom. The molecule has 226 valence electrons. The van der Waals surface area contributed by atoms with E-state index in [1.807, 2.05) is 6.92 Å². The number of ether oxygens (including phenoxy) is 4. The van der Waals surface area contributed by atoms with E-state index in [1.165, 1.54) is 38.5 Å². The molecule has 1 aliphatic heterocycles. The zero-order valence-corrected chi connectivity index (χ0v) is 23.6. The summed E-state index contributed by atoms with van der Waals surface area (Å²) in [6.07, 6.45) is 3.05. The van der Waals surface area contributed by atoms with Gasteiger partial charge < -0.3 is 34.3 Å². The van der Waals surface area contributed by atoms with Crippen molar-refractivity contribution in [3.63, 3.8) is 0 Å². The minimum Gasteiger partial charge on any atom is -0.457 e. The average molecular weight is 573 g/mol. The molecule has 0 aliphatic carbocycles. The molecule has 1 heterocycles. The number of esters is 1. The van der Waals surface area contributed by atoms with Crippen LogP contribution in [-0.2, 0) is 38.3 Å². The summed E-state index contributed by atoms with van der Waals surface area (Å²) in [5.74, 6) is -0.437. The van der Waals surface area contributed by atoms with Gasteiger partial charge in [0.1, 0.15) is 30.5 Å². The molecule has 1 aliphatic rings. The molecule has 0 saturated carbocycles. The predicted octanol–water partition coefficient (Wildman–Crippen LogP) is 2.28. The van der Waals surface area contributed by atoms with Gasteiger partial charge in [0.05, 0.1) is 19.8 Å². The predicted molar refractivity (Wildman–Crippen MR) is 138 cm³/mol. The smallest absolute Gasteiger partial charge is 0.397 e. The van der Waals surface area contributed by atoms with E-state index >= 15 is 0 Å². The van der Waals surface area contributed by atoms with E-state index in [1.54, 1.807) is 0 Å². The maximum atomic E-state index is 12.2.